The minimum atomic E-state index is -1.30. The van der Waals surface area contributed by atoms with E-state index in [1.54, 1.807) is 0 Å². The Balaban J connectivity index is 2.56. The van der Waals surface area contributed by atoms with Gasteiger partial charge in [-0.1, -0.05) is 6.42 Å². The monoisotopic (exact) mass is 159 g/mol. The van der Waals surface area contributed by atoms with Crippen LogP contribution in [0.2, 0.25) is 0 Å². The van der Waals surface area contributed by atoms with Gasteiger partial charge in [-0.3, -0.25) is 0 Å². The summed E-state index contributed by atoms with van der Waals surface area (Å²) in [6.45, 7) is 0. The zero-order valence-corrected chi connectivity index (χ0v) is 6.38. The summed E-state index contributed by atoms with van der Waals surface area (Å²) < 4.78 is 0. The summed E-state index contributed by atoms with van der Waals surface area (Å²) in [5, 5.41) is 9.59. The fraction of sp³-hybridized carbons (Fsp3) is 0.857. The Bertz CT molecular complexity index is 152. The SMILES string of the molecule is NOC(=O)C1(O)CCCCC1. The number of aliphatic hydroxyl groups is 1. The number of nitrogens with two attached hydrogens (primary N) is 1. The van der Waals surface area contributed by atoms with Gasteiger partial charge in [0.25, 0.3) is 0 Å². The van der Waals surface area contributed by atoms with E-state index in [4.69, 9.17) is 0 Å². The second-order valence-corrected chi connectivity index (χ2v) is 3.00. The Kier molecular flexibility index (Phi) is 2.46. The number of hydrogen-bond acceptors (Lipinski definition) is 4. The minimum Gasteiger partial charge on any atom is -0.378 e. The van der Waals surface area contributed by atoms with Crippen molar-refractivity contribution in [2.75, 3.05) is 0 Å². The van der Waals surface area contributed by atoms with Crippen LogP contribution in [0.3, 0.4) is 0 Å². The third-order valence-corrected chi connectivity index (χ3v) is 2.17. The van der Waals surface area contributed by atoms with E-state index in [9.17, 15) is 9.90 Å². The van der Waals surface area contributed by atoms with Crippen molar-refractivity contribution in [3.63, 3.8) is 0 Å². The van der Waals surface area contributed by atoms with E-state index in [1.807, 2.05) is 0 Å². The van der Waals surface area contributed by atoms with Gasteiger partial charge in [-0.15, -0.1) is 0 Å². The molecule has 3 N–H and O–H groups in total. The van der Waals surface area contributed by atoms with Crippen LogP contribution < -0.4 is 5.90 Å². The molecular formula is C7H13NO3. The smallest absolute Gasteiger partial charge is 0.356 e. The van der Waals surface area contributed by atoms with Crippen LogP contribution in [0.1, 0.15) is 32.1 Å². The fourth-order valence-corrected chi connectivity index (χ4v) is 1.45. The molecule has 1 aliphatic carbocycles. The minimum absolute atomic E-state index is 0.475. The predicted octanol–water partition coefficient (Wildman–Crippen LogP) is 0.0985. The van der Waals surface area contributed by atoms with Gasteiger partial charge in [-0.05, 0) is 25.7 Å². The van der Waals surface area contributed by atoms with Crippen LogP contribution in [-0.2, 0) is 9.63 Å². The molecular weight excluding hydrogens is 146 g/mol. The first kappa shape index (κ1) is 8.49. The summed E-state index contributed by atoms with van der Waals surface area (Å²) in [6, 6.07) is 0. The number of carbonyl (C=O) groups is 1. The fourth-order valence-electron chi connectivity index (χ4n) is 1.45. The van der Waals surface area contributed by atoms with Gasteiger partial charge in [0.15, 0.2) is 5.60 Å². The van der Waals surface area contributed by atoms with E-state index < -0.39 is 11.6 Å². The molecule has 0 aromatic carbocycles. The Morgan fingerprint density at radius 1 is 1.36 bits per heavy atom. The lowest BCUT2D eigenvalue weighted by Crippen LogP contribution is -2.42. The molecule has 0 aromatic rings. The molecule has 1 rings (SSSR count). The van der Waals surface area contributed by atoms with Crippen molar-refractivity contribution in [2.24, 2.45) is 5.90 Å². The molecule has 4 heteroatoms. The molecule has 0 atom stereocenters. The number of rotatable bonds is 1. The summed E-state index contributed by atoms with van der Waals surface area (Å²) in [5.41, 5.74) is -1.30. The van der Waals surface area contributed by atoms with Gasteiger partial charge in [0.1, 0.15) is 0 Å². The van der Waals surface area contributed by atoms with E-state index in [0.717, 1.165) is 19.3 Å². The van der Waals surface area contributed by atoms with Crippen molar-refractivity contribution in [1.29, 1.82) is 0 Å². The third-order valence-electron chi connectivity index (χ3n) is 2.17. The van der Waals surface area contributed by atoms with E-state index in [-0.39, 0.29) is 0 Å². The summed E-state index contributed by atoms with van der Waals surface area (Å²) in [7, 11) is 0. The standard InChI is InChI=1S/C7H13NO3/c8-11-6(9)7(10)4-2-1-3-5-7/h10H,1-5,8H2. The maximum atomic E-state index is 10.9. The van der Waals surface area contributed by atoms with Crippen LogP contribution in [0.15, 0.2) is 0 Å². The zero-order valence-electron chi connectivity index (χ0n) is 6.38. The molecule has 0 heterocycles. The number of hydrogen-bond donors (Lipinski definition) is 2. The molecule has 0 unspecified atom stereocenters. The second kappa shape index (κ2) is 3.19. The maximum absolute atomic E-state index is 10.9. The third kappa shape index (κ3) is 1.70. The van der Waals surface area contributed by atoms with Crippen molar-refractivity contribution in [2.45, 2.75) is 37.7 Å². The zero-order chi connectivity index (χ0) is 8.32. The molecule has 4 nitrogen and oxygen atoms in total. The Hall–Kier alpha value is -0.610. The molecule has 0 radical (unpaired) electrons. The van der Waals surface area contributed by atoms with Crippen LogP contribution in [0, 0.1) is 0 Å². The van der Waals surface area contributed by atoms with E-state index in [2.05, 4.69) is 10.7 Å². The lowest BCUT2D eigenvalue weighted by Gasteiger charge is -2.28. The molecule has 0 spiro atoms. The van der Waals surface area contributed by atoms with Crippen molar-refractivity contribution >= 4 is 5.97 Å². The van der Waals surface area contributed by atoms with Crippen molar-refractivity contribution in [1.82, 2.24) is 0 Å². The predicted molar refractivity (Wildman–Crippen MR) is 38.3 cm³/mol. The first-order valence-electron chi connectivity index (χ1n) is 3.82. The molecule has 0 aromatic heterocycles. The highest BCUT2D eigenvalue weighted by atomic mass is 16.7. The summed E-state index contributed by atoms with van der Waals surface area (Å²) in [6.07, 6.45) is 3.75. The quantitative estimate of drug-likeness (QED) is 0.532. The lowest BCUT2D eigenvalue weighted by molar-refractivity contribution is -0.169. The average molecular weight is 159 g/mol. The first-order chi connectivity index (χ1) is 5.19. The van der Waals surface area contributed by atoms with Crippen molar-refractivity contribution in [3.05, 3.63) is 0 Å². The van der Waals surface area contributed by atoms with Crippen LogP contribution in [0.4, 0.5) is 0 Å². The van der Waals surface area contributed by atoms with Gasteiger partial charge in [0, 0.05) is 0 Å². The maximum Gasteiger partial charge on any atom is 0.356 e. The molecule has 1 fully saturated rings. The van der Waals surface area contributed by atoms with Crippen molar-refractivity contribution < 1.29 is 14.7 Å². The van der Waals surface area contributed by atoms with Crippen molar-refractivity contribution in [3.8, 4) is 0 Å². The normalized spacial score (nSPS) is 22.7. The highest BCUT2D eigenvalue weighted by Gasteiger charge is 2.38. The lowest BCUT2D eigenvalue weighted by atomic mass is 9.85. The van der Waals surface area contributed by atoms with Gasteiger partial charge in [0.05, 0.1) is 0 Å². The molecule has 0 amide bonds. The average Bonchev–Trinajstić information content (AvgIpc) is 2.04. The highest BCUT2D eigenvalue weighted by Crippen LogP contribution is 2.28. The summed E-state index contributed by atoms with van der Waals surface area (Å²) >= 11 is 0. The molecule has 0 aliphatic heterocycles. The Morgan fingerprint density at radius 3 is 2.36 bits per heavy atom. The van der Waals surface area contributed by atoms with E-state index in [1.165, 1.54) is 0 Å². The molecule has 11 heavy (non-hydrogen) atoms. The second-order valence-electron chi connectivity index (χ2n) is 3.00. The first-order valence-corrected chi connectivity index (χ1v) is 3.82. The van der Waals surface area contributed by atoms with Crippen LogP contribution in [0.25, 0.3) is 0 Å². The van der Waals surface area contributed by atoms with Crippen LogP contribution in [-0.4, -0.2) is 16.7 Å². The van der Waals surface area contributed by atoms with E-state index in [0.29, 0.717) is 12.8 Å². The topological polar surface area (TPSA) is 72.5 Å². The molecule has 64 valence electrons. The van der Waals surface area contributed by atoms with Gasteiger partial charge >= 0.3 is 5.97 Å². The van der Waals surface area contributed by atoms with Gasteiger partial charge in [0.2, 0.25) is 0 Å². The Morgan fingerprint density at radius 2 is 1.91 bits per heavy atom. The molecule has 0 saturated heterocycles. The molecule has 0 bridgehead atoms. The molecule has 1 saturated carbocycles. The highest BCUT2D eigenvalue weighted by molar-refractivity contribution is 5.78. The van der Waals surface area contributed by atoms with Gasteiger partial charge < -0.3 is 9.94 Å². The van der Waals surface area contributed by atoms with Crippen LogP contribution in [0.5, 0.6) is 0 Å². The summed E-state index contributed by atoms with van der Waals surface area (Å²) in [4.78, 5) is 14.9. The number of carbonyl (C=O) groups excluding carboxylic acids is 1. The largest absolute Gasteiger partial charge is 0.378 e. The van der Waals surface area contributed by atoms with Crippen LogP contribution >= 0.6 is 0 Å². The van der Waals surface area contributed by atoms with Gasteiger partial charge in [-0.2, -0.15) is 5.90 Å². The summed E-state index contributed by atoms with van der Waals surface area (Å²) in [5.74, 6) is 3.98. The molecule has 1 aliphatic rings. The van der Waals surface area contributed by atoms with Gasteiger partial charge in [-0.25, -0.2) is 4.79 Å². The van der Waals surface area contributed by atoms with E-state index >= 15 is 0 Å². The Labute approximate surface area is 65.3 Å².